The van der Waals surface area contributed by atoms with Crippen molar-refractivity contribution in [3.05, 3.63) is 59.9 Å². The van der Waals surface area contributed by atoms with E-state index < -0.39 is 0 Å². The van der Waals surface area contributed by atoms with Gasteiger partial charge in [-0.2, -0.15) is 0 Å². The van der Waals surface area contributed by atoms with Gasteiger partial charge in [-0.1, -0.05) is 51.7 Å². The molecule has 130 valence electrons. The normalized spacial score (nSPS) is 10.8. The average molecular weight is 325 g/mol. The monoisotopic (exact) mass is 324 g/mol. The van der Waals surface area contributed by atoms with Gasteiger partial charge in [0, 0.05) is 31.2 Å². The van der Waals surface area contributed by atoms with Crippen LogP contribution in [-0.4, -0.2) is 18.1 Å². The molecule has 0 bridgehead atoms. The van der Waals surface area contributed by atoms with Crippen molar-refractivity contribution >= 4 is 5.69 Å². The van der Waals surface area contributed by atoms with Gasteiger partial charge in [0.2, 0.25) is 0 Å². The molecule has 0 fully saturated rings. The Kier molecular flexibility index (Phi) is 8.37. The largest absolute Gasteiger partial charge is 0.372 e. The second-order valence-electron chi connectivity index (χ2n) is 6.60. The van der Waals surface area contributed by atoms with Crippen molar-refractivity contribution in [2.45, 2.75) is 58.8 Å². The Morgan fingerprint density at radius 1 is 0.708 bits per heavy atom. The minimum absolute atomic E-state index is 0.981. The van der Waals surface area contributed by atoms with Gasteiger partial charge in [-0.25, -0.2) is 0 Å². The zero-order chi connectivity index (χ0) is 17.0. The Morgan fingerprint density at radius 2 is 1.25 bits per heavy atom. The first-order valence-electron chi connectivity index (χ1n) is 9.56. The number of nitrogens with zero attached hydrogens (tertiary/aromatic N) is 2. The van der Waals surface area contributed by atoms with Gasteiger partial charge in [-0.05, 0) is 54.7 Å². The fourth-order valence-electron chi connectivity index (χ4n) is 3.04. The van der Waals surface area contributed by atoms with Crippen LogP contribution in [0, 0.1) is 0 Å². The SMILES string of the molecule is CCCCCN(CCCCC)c1ccc(Cc2ccncc2)cc1. The first kappa shape index (κ1) is 18.5. The molecule has 0 N–H and O–H groups in total. The molecule has 1 aromatic heterocycles. The van der Waals surface area contributed by atoms with Crippen LogP contribution in [0.4, 0.5) is 5.69 Å². The first-order valence-corrected chi connectivity index (χ1v) is 9.56. The smallest absolute Gasteiger partial charge is 0.0366 e. The highest BCUT2D eigenvalue weighted by atomic mass is 15.1. The maximum atomic E-state index is 4.09. The van der Waals surface area contributed by atoms with E-state index in [9.17, 15) is 0 Å². The number of benzene rings is 1. The zero-order valence-corrected chi connectivity index (χ0v) is 15.4. The van der Waals surface area contributed by atoms with Crippen LogP contribution < -0.4 is 4.90 Å². The summed E-state index contributed by atoms with van der Waals surface area (Å²) in [6.07, 6.45) is 12.5. The quantitative estimate of drug-likeness (QED) is 0.481. The molecule has 0 saturated carbocycles. The molecule has 2 rings (SSSR count). The summed E-state index contributed by atoms with van der Waals surface area (Å²) in [5.74, 6) is 0. The van der Waals surface area contributed by atoms with Gasteiger partial charge >= 0.3 is 0 Å². The van der Waals surface area contributed by atoms with Crippen LogP contribution in [0.25, 0.3) is 0 Å². The molecule has 0 amide bonds. The number of unbranched alkanes of at least 4 members (excludes halogenated alkanes) is 4. The highest BCUT2D eigenvalue weighted by Gasteiger charge is 2.06. The predicted molar refractivity (Wildman–Crippen MR) is 105 cm³/mol. The fourth-order valence-corrected chi connectivity index (χ4v) is 3.04. The minimum atomic E-state index is 0.981. The molecular formula is C22H32N2. The third-order valence-electron chi connectivity index (χ3n) is 4.52. The molecule has 0 aliphatic heterocycles. The van der Waals surface area contributed by atoms with Crippen LogP contribution >= 0.6 is 0 Å². The maximum Gasteiger partial charge on any atom is 0.0366 e. The van der Waals surface area contributed by atoms with Crippen LogP contribution in [0.5, 0.6) is 0 Å². The lowest BCUT2D eigenvalue weighted by Crippen LogP contribution is -2.25. The molecule has 1 heterocycles. The fraction of sp³-hybridized carbons (Fsp3) is 0.500. The van der Waals surface area contributed by atoms with E-state index in [2.05, 4.69) is 60.1 Å². The van der Waals surface area contributed by atoms with Crippen molar-refractivity contribution in [3.8, 4) is 0 Å². The average Bonchev–Trinajstić information content (AvgIpc) is 2.62. The van der Waals surface area contributed by atoms with Crippen LogP contribution in [0.3, 0.4) is 0 Å². The second kappa shape index (κ2) is 10.9. The summed E-state index contributed by atoms with van der Waals surface area (Å²) < 4.78 is 0. The zero-order valence-electron chi connectivity index (χ0n) is 15.4. The summed E-state index contributed by atoms with van der Waals surface area (Å²) in [7, 11) is 0. The van der Waals surface area contributed by atoms with Gasteiger partial charge in [-0.15, -0.1) is 0 Å². The molecule has 0 saturated heterocycles. The maximum absolute atomic E-state index is 4.09. The summed E-state index contributed by atoms with van der Waals surface area (Å²) in [6.45, 7) is 6.91. The van der Waals surface area contributed by atoms with Gasteiger partial charge in [0.05, 0.1) is 0 Å². The van der Waals surface area contributed by atoms with Gasteiger partial charge in [0.15, 0.2) is 0 Å². The molecule has 0 aliphatic rings. The van der Waals surface area contributed by atoms with Gasteiger partial charge < -0.3 is 4.90 Å². The van der Waals surface area contributed by atoms with E-state index in [1.165, 1.54) is 68.4 Å². The highest BCUT2D eigenvalue weighted by molar-refractivity contribution is 5.48. The summed E-state index contributed by atoms with van der Waals surface area (Å²) >= 11 is 0. The van der Waals surface area contributed by atoms with Crippen LogP contribution in [-0.2, 0) is 6.42 Å². The van der Waals surface area contributed by atoms with Gasteiger partial charge in [0.25, 0.3) is 0 Å². The number of aromatic nitrogens is 1. The number of hydrogen-bond donors (Lipinski definition) is 0. The summed E-state index contributed by atoms with van der Waals surface area (Å²) in [4.78, 5) is 6.66. The lowest BCUT2D eigenvalue weighted by Gasteiger charge is -2.25. The predicted octanol–water partition coefficient (Wildman–Crippen LogP) is 5.86. The van der Waals surface area contributed by atoms with E-state index in [1.807, 2.05) is 12.4 Å². The molecule has 0 radical (unpaired) electrons. The second-order valence-corrected chi connectivity index (χ2v) is 6.60. The lowest BCUT2D eigenvalue weighted by atomic mass is 10.1. The van der Waals surface area contributed by atoms with E-state index in [0.717, 1.165) is 6.42 Å². The van der Waals surface area contributed by atoms with Gasteiger partial charge in [0.1, 0.15) is 0 Å². The standard InChI is InChI=1S/C22H32N2/c1-3-5-7-17-24(18-8-6-4-2)22-11-9-20(10-12-22)19-21-13-15-23-16-14-21/h9-16H,3-8,17-19H2,1-2H3. The number of rotatable bonds is 11. The molecule has 2 heteroatoms. The summed E-state index contributed by atoms with van der Waals surface area (Å²) in [5.41, 5.74) is 4.06. The first-order chi connectivity index (χ1) is 11.8. The molecule has 2 aromatic rings. The highest BCUT2D eigenvalue weighted by Crippen LogP contribution is 2.19. The lowest BCUT2D eigenvalue weighted by molar-refractivity contribution is 0.636. The third kappa shape index (κ3) is 6.35. The molecular weight excluding hydrogens is 292 g/mol. The molecule has 24 heavy (non-hydrogen) atoms. The molecule has 0 unspecified atom stereocenters. The van der Waals surface area contributed by atoms with Crippen LogP contribution in [0.1, 0.15) is 63.5 Å². The van der Waals surface area contributed by atoms with Crippen molar-refractivity contribution in [2.75, 3.05) is 18.0 Å². The van der Waals surface area contributed by atoms with E-state index >= 15 is 0 Å². The minimum Gasteiger partial charge on any atom is -0.372 e. The van der Waals surface area contributed by atoms with Crippen molar-refractivity contribution in [1.29, 1.82) is 0 Å². The van der Waals surface area contributed by atoms with Crippen molar-refractivity contribution in [3.63, 3.8) is 0 Å². The van der Waals surface area contributed by atoms with E-state index in [1.54, 1.807) is 0 Å². The van der Waals surface area contributed by atoms with Crippen molar-refractivity contribution in [2.24, 2.45) is 0 Å². The molecule has 1 aromatic carbocycles. The van der Waals surface area contributed by atoms with Crippen molar-refractivity contribution < 1.29 is 0 Å². The van der Waals surface area contributed by atoms with Crippen molar-refractivity contribution in [1.82, 2.24) is 4.98 Å². The van der Waals surface area contributed by atoms with E-state index in [-0.39, 0.29) is 0 Å². The topological polar surface area (TPSA) is 16.1 Å². The van der Waals surface area contributed by atoms with E-state index in [0.29, 0.717) is 0 Å². The van der Waals surface area contributed by atoms with E-state index in [4.69, 9.17) is 0 Å². The van der Waals surface area contributed by atoms with Gasteiger partial charge in [-0.3, -0.25) is 4.98 Å². The summed E-state index contributed by atoms with van der Waals surface area (Å²) in [6, 6.07) is 13.3. The Balaban J connectivity index is 1.97. The molecule has 0 spiro atoms. The Morgan fingerprint density at radius 3 is 1.79 bits per heavy atom. The van der Waals surface area contributed by atoms with Crippen LogP contribution in [0.15, 0.2) is 48.8 Å². The summed E-state index contributed by atoms with van der Waals surface area (Å²) in [5, 5.41) is 0. The molecule has 0 aliphatic carbocycles. The number of hydrogen-bond acceptors (Lipinski definition) is 2. The number of anilines is 1. The Labute approximate surface area is 147 Å². The Hall–Kier alpha value is -1.83. The number of pyridine rings is 1. The Bertz CT molecular complexity index is 538. The molecule has 2 nitrogen and oxygen atoms in total. The molecule has 0 atom stereocenters. The van der Waals surface area contributed by atoms with Crippen LogP contribution in [0.2, 0.25) is 0 Å². The third-order valence-corrected chi connectivity index (χ3v) is 4.52.